The van der Waals surface area contributed by atoms with Gasteiger partial charge in [-0.15, -0.1) is 0 Å². The van der Waals surface area contributed by atoms with Crippen LogP contribution < -0.4 is 10.5 Å². The maximum Gasteiger partial charge on any atom is 0.260 e. The van der Waals surface area contributed by atoms with Gasteiger partial charge in [0.2, 0.25) is 5.96 Å². The molecule has 7 nitrogen and oxygen atoms in total. The number of rotatable bonds is 5. The van der Waals surface area contributed by atoms with Crippen LogP contribution in [-0.2, 0) is 10.0 Å². The van der Waals surface area contributed by atoms with E-state index in [-0.39, 0.29) is 23.3 Å². The van der Waals surface area contributed by atoms with Gasteiger partial charge in [-0.3, -0.25) is 10.4 Å². The number of nitrogens with one attached hydrogen (secondary N) is 1. The van der Waals surface area contributed by atoms with E-state index in [1.165, 1.54) is 28.7 Å². The molecular weight excluding hydrogens is 448 g/mol. The molecule has 1 aliphatic heterocycles. The van der Waals surface area contributed by atoms with E-state index in [0.717, 1.165) is 11.1 Å². The summed E-state index contributed by atoms with van der Waals surface area (Å²) in [4.78, 5) is 0.0516. The molecular formula is C23H23ClN4O3S. The summed E-state index contributed by atoms with van der Waals surface area (Å²) in [7, 11) is -2.61. The first-order chi connectivity index (χ1) is 15.3. The Labute approximate surface area is 192 Å². The number of methoxy groups -OCH3 is 1. The standard InChI is InChI=1S/C23H23ClN4O3S/c1-31-19-8-5-9-20(14-19)32(29,30)28-22(17-10-12-18(24)13-11-17)21(15-27(28)23(25)26)16-6-3-2-4-7-16/h2-14,21-22H,15H2,1H3,(H3,25,26). The van der Waals surface area contributed by atoms with Crippen LogP contribution in [0.1, 0.15) is 23.1 Å². The van der Waals surface area contributed by atoms with Crippen LogP contribution in [0.5, 0.6) is 5.75 Å². The second kappa shape index (κ2) is 8.82. The molecule has 9 heteroatoms. The topological polar surface area (TPSA) is 99.7 Å². The van der Waals surface area contributed by atoms with Crippen molar-refractivity contribution < 1.29 is 13.2 Å². The second-order valence-electron chi connectivity index (χ2n) is 7.44. The highest BCUT2D eigenvalue weighted by Gasteiger charge is 2.49. The van der Waals surface area contributed by atoms with Crippen molar-refractivity contribution in [3.05, 3.63) is 95.0 Å². The molecule has 3 aromatic carbocycles. The van der Waals surface area contributed by atoms with Gasteiger partial charge in [-0.05, 0) is 35.4 Å². The Morgan fingerprint density at radius 1 is 1.03 bits per heavy atom. The summed E-state index contributed by atoms with van der Waals surface area (Å²) in [6, 6.07) is 22.3. The van der Waals surface area contributed by atoms with E-state index in [4.69, 9.17) is 27.5 Å². The molecule has 166 valence electrons. The van der Waals surface area contributed by atoms with Gasteiger partial charge >= 0.3 is 0 Å². The van der Waals surface area contributed by atoms with Gasteiger partial charge in [0.05, 0.1) is 18.0 Å². The molecule has 1 heterocycles. The number of halogens is 1. The Morgan fingerprint density at radius 2 is 1.72 bits per heavy atom. The summed E-state index contributed by atoms with van der Waals surface area (Å²) in [6.45, 7) is 0.232. The van der Waals surface area contributed by atoms with Crippen LogP contribution in [0.25, 0.3) is 0 Å². The Balaban J connectivity index is 1.91. The molecule has 0 spiro atoms. The van der Waals surface area contributed by atoms with Crippen molar-refractivity contribution in [3.63, 3.8) is 0 Å². The summed E-state index contributed by atoms with van der Waals surface area (Å²) in [6.07, 6.45) is 0. The smallest absolute Gasteiger partial charge is 0.260 e. The van der Waals surface area contributed by atoms with Gasteiger partial charge in [-0.2, -0.15) is 0 Å². The number of sulfonamides is 1. The number of nitrogens with two attached hydrogens (primary N) is 1. The zero-order valence-corrected chi connectivity index (χ0v) is 18.9. The first kappa shape index (κ1) is 22.1. The SMILES string of the molecule is COc1cccc(S(=O)(=O)N2C(c3ccc(Cl)cc3)C(c3ccccc3)CN2C(=N)N)c1. The third kappa shape index (κ3) is 4.04. The van der Waals surface area contributed by atoms with E-state index in [9.17, 15) is 8.42 Å². The number of benzene rings is 3. The third-order valence-electron chi connectivity index (χ3n) is 5.53. The highest BCUT2D eigenvalue weighted by molar-refractivity contribution is 7.89. The summed E-state index contributed by atoms with van der Waals surface area (Å²) < 4.78 is 34.2. The van der Waals surface area contributed by atoms with E-state index < -0.39 is 16.1 Å². The van der Waals surface area contributed by atoms with Crippen molar-refractivity contribution in [3.8, 4) is 5.75 Å². The maximum absolute atomic E-state index is 13.9. The lowest BCUT2D eigenvalue weighted by atomic mass is 9.89. The Kier molecular flexibility index (Phi) is 6.10. The number of hydrazine groups is 1. The molecule has 32 heavy (non-hydrogen) atoms. The lowest BCUT2D eigenvalue weighted by molar-refractivity contribution is 0.175. The van der Waals surface area contributed by atoms with Crippen molar-refractivity contribution in [1.82, 2.24) is 9.42 Å². The van der Waals surface area contributed by atoms with E-state index in [1.54, 1.807) is 36.4 Å². The molecule has 0 amide bonds. The largest absolute Gasteiger partial charge is 0.497 e. The van der Waals surface area contributed by atoms with Gasteiger partial charge in [0.15, 0.2) is 0 Å². The number of hydrogen-bond donors (Lipinski definition) is 2. The van der Waals surface area contributed by atoms with Crippen molar-refractivity contribution in [1.29, 1.82) is 5.41 Å². The van der Waals surface area contributed by atoms with E-state index in [2.05, 4.69) is 0 Å². The zero-order chi connectivity index (χ0) is 22.9. The minimum atomic E-state index is -4.09. The monoisotopic (exact) mass is 470 g/mol. The summed E-state index contributed by atoms with van der Waals surface area (Å²) >= 11 is 6.10. The molecule has 4 rings (SSSR count). The molecule has 2 unspecified atom stereocenters. The normalized spacial score (nSPS) is 19.1. The second-order valence-corrected chi connectivity index (χ2v) is 9.67. The van der Waals surface area contributed by atoms with Gasteiger partial charge in [-0.25, -0.2) is 8.42 Å². The molecule has 0 aromatic heterocycles. The summed E-state index contributed by atoms with van der Waals surface area (Å²) in [5.74, 6) is -0.196. The molecule has 1 saturated heterocycles. The molecule has 3 aromatic rings. The maximum atomic E-state index is 13.9. The molecule has 0 saturated carbocycles. The number of guanidine groups is 1. The van der Waals surface area contributed by atoms with Crippen molar-refractivity contribution >= 4 is 27.6 Å². The third-order valence-corrected chi connectivity index (χ3v) is 7.55. The summed E-state index contributed by atoms with van der Waals surface area (Å²) in [5, 5.41) is 9.99. The first-order valence-electron chi connectivity index (χ1n) is 9.93. The predicted molar refractivity (Wildman–Crippen MR) is 124 cm³/mol. The van der Waals surface area contributed by atoms with Crippen LogP contribution in [-0.4, -0.2) is 37.5 Å². The number of hydrogen-bond acceptors (Lipinski definition) is 4. The minimum Gasteiger partial charge on any atom is -0.497 e. The fraction of sp³-hybridized carbons (Fsp3) is 0.174. The predicted octanol–water partition coefficient (Wildman–Crippen LogP) is 3.99. The quantitative estimate of drug-likeness (QED) is 0.434. The van der Waals surface area contributed by atoms with Crippen molar-refractivity contribution in [2.45, 2.75) is 16.9 Å². The van der Waals surface area contributed by atoms with E-state index >= 15 is 0 Å². The fourth-order valence-corrected chi connectivity index (χ4v) is 5.87. The van der Waals surface area contributed by atoms with Gasteiger partial charge in [-0.1, -0.05) is 64.5 Å². The summed E-state index contributed by atoms with van der Waals surface area (Å²) in [5.41, 5.74) is 7.58. The Bertz CT molecular complexity index is 1220. The molecule has 0 radical (unpaired) electrons. The van der Waals surface area contributed by atoms with E-state index in [0.29, 0.717) is 10.8 Å². The lowest BCUT2D eigenvalue weighted by Gasteiger charge is -2.32. The van der Waals surface area contributed by atoms with E-state index in [1.807, 2.05) is 30.3 Å². The van der Waals surface area contributed by atoms with Crippen LogP contribution in [0.15, 0.2) is 83.8 Å². The van der Waals surface area contributed by atoms with Crippen molar-refractivity contribution in [2.24, 2.45) is 5.73 Å². The molecule has 1 aliphatic rings. The average Bonchev–Trinajstić information content (AvgIpc) is 3.22. The van der Waals surface area contributed by atoms with Crippen LogP contribution in [0.4, 0.5) is 0 Å². The molecule has 3 N–H and O–H groups in total. The lowest BCUT2D eigenvalue weighted by Crippen LogP contribution is -2.48. The van der Waals surface area contributed by atoms with Crippen molar-refractivity contribution in [2.75, 3.05) is 13.7 Å². The zero-order valence-electron chi connectivity index (χ0n) is 17.4. The highest BCUT2D eigenvalue weighted by atomic mass is 35.5. The molecule has 0 bridgehead atoms. The van der Waals surface area contributed by atoms with Gasteiger partial charge in [0, 0.05) is 23.6 Å². The number of nitrogens with zero attached hydrogens (tertiary/aromatic N) is 2. The molecule has 1 fully saturated rings. The molecule has 2 atom stereocenters. The minimum absolute atomic E-state index is 0.0516. The Morgan fingerprint density at radius 3 is 2.34 bits per heavy atom. The van der Waals surface area contributed by atoms with Crippen LogP contribution in [0.3, 0.4) is 0 Å². The Hall–Kier alpha value is -3.07. The highest BCUT2D eigenvalue weighted by Crippen LogP contribution is 2.46. The van der Waals surface area contributed by atoms with Crippen LogP contribution in [0, 0.1) is 5.41 Å². The average molecular weight is 471 g/mol. The molecule has 0 aliphatic carbocycles. The van der Waals surface area contributed by atoms with Crippen LogP contribution in [0.2, 0.25) is 5.02 Å². The van der Waals surface area contributed by atoms with Crippen LogP contribution >= 0.6 is 11.6 Å². The van der Waals surface area contributed by atoms with Gasteiger partial charge < -0.3 is 10.5 Å². The first-order valence-corrected chi connectivity index (χ1v) is 11.7. The fourth-order valence-electron chi connectivity index (χ4n) is 4.03. The van der Waals surface area contributed by atoms with Gasteiger partial charge in [0.1, 0.15) is 5.75 Å². The van der Waals surface area contributed by atoms with Gasteiger partial charge in [0.25, 0.3) is 10.0 Å². The number of ether oxygens (including phenoxy) is 1.